The van der Waals surface area contributed by atoms with Crippen LogP contribution in [0.25, 0.3) is 0 Å². The molecule has 0 fully saturated rings. The third-order valence-corrected chi connectivity index (χ3v) is 3.85. The fraction of sp³-hybridized carbons (Fsp3) is 0.700. The molecule has 0 saturated heterocycles. The van der Waals surface area contributed by atoms with Crippen LogP contribution in [0.2, 0.25) is 0 Å². The summed E-state index contributed by atoms with van der Waals surface area (Å²) >= 11 is 0. The normalized spacial score (nSPS) is 11.3. The van der Waals surface area contributed by atoms with Crippen molar-refractivity contribution < 1.29 is 14.3 Å². The number of hydrogen-bond acceptors (Lipinski definition) is 3. The van der Waals surface area contributed by atoms with Crippen molar-refractivity contribution in [1.82, 2.24) is 0 Å². The molecule has 0 spiro atoms. The van der Waals surface area contributed by atoms with Crippen LogP contribution in [0, 0.1) is 0 Å². The maximum absolute atomic E-state index is 11.6. The van der Waals surface area contributed by atoms with Crippen molar-refractivity contribution in [3.8, 4) is 0 Å². The summed E-state index contributed by atoms with van der Waals surface area (Å²) in [6.07, 6.45) is 17.2. The second kappa shape index (κ2) is 15.5. The van der Waals surface area contributed by atoms with Gasteiger partial charge in [-0.1, -0.05) is 76.9 Å². The Morgan fingerprint density at radius 3 is 1.96 bits per heavy atom. The smallest absolute Gasteiger partial charge is 0.341 e. The lowest BCUT2D eigenvalue weighted by molar-refractivity contribution is -0.156. The number of hydrogen-bond donors (Lipinski definition) is 0. The van der Waals surface area contributed by atoms with Gasteiger partial charge in [-0.15, -0.1) is 6.58 Å². The molecule has 3 nitrogen and oxygen atoms in total. The van der Waals surface area contributed by atoms with Crippen molar-refractivity contribution in [2.24, 2.45) is 0 Å². The molecule has 0 aliphatic heterocycles. The molecular formula is C20H34O3. The van der Waals surface area contributed by atoms with Crippen LogP contribution in [-0.2, 0) is 14.3 Å². The zero-order valence-electron chi connectivity index (χ0n) is 15.1. The molecule has 0 aliphatic rings. The molecule has 132 valence electrons. The molecule has 23 heavy (non-hydrogen) atoms. The lowest BCUT2D eigenvalue weighted by Crippen LogP contribution is -2.12. The monoisotopic (exact) mass is 322 g/mol. The quantitative estimate of drug-likeness (QED) is 0.132. The second-order valence-electron chi connectivity index (χ2n) is 6.11. The van der Waals surface area contributed by atoms with E-state index in [9.17, 15) is 9.59 Å². The Balaban J connectivity index is 3.56. The zero-order valence-corrected chi connectivity index (χ0v) is 15.1. The highest BCUT2D eigenvalue weighted by Crippen LogP contribution is 2.12. The maximum atomic E-state index is 11.6. The minimum absolute atomic E-state index is 0.0669. The Hall–Kier alpha value is -1.38. The van der Waals surface area contributed by atoms with Gasteiger partial charge >= 0.3 is 11.9 Å². The van der Waals surface area contributed by atoms with Crippen molar-refractivity contribution in [3.63, 3.8) is 0 Å². The van der Waals surface area contributed by atoms with E-state index >= 15 is 0 Å². The molecule has 0 aromatic rings. The minimum atomic E-state index is -0.545. The molecule has 0 unspecified atom stereocenters. The highest BCUT2D eigenvalue weighted by molar-refractivity contribution is 5.95. The molecule has 0 aromatic carbocycles. The van der Waals surface area contributed by atoms with E-state index in [-0.39, 0.29) is 6.42 Å². The molecule has 0 atom stereocenters. The van der Waals surface area contributed by atoms with E-state index in [2.05, 4.69) is 18.2 Å². The van der Waals surface area contributed by atoms with E-state index < -0.39 is 11.9 Å². The first-order chi connectivity index (χ1) is 11.1. The molecular weight excluding hydrogens is 288 g/mol. The molecule has 0 amide bonds. The summed E-state index contributed by atoms with van der Waals surface area (Å²) in [6.45, 7) is 7.38. The molecule has 0 aliphatic carbocycles. The zero-order chi connectivity index (χ0) is 17.3. The number of rotatable bonds is 14. The fourth-order valence-corrected chi connectivity index (χ4v) is 2.38. The number of carbonyl (C=O) groups excluding carboxylic acids is 2. The summed E-state index contributed by atoms with van der Waals surface area (Å²) < 4.78 is 4.69. The molecule has 3 heteroatoms. The molecule has 0 N–H and O–H groups in total. The number of esters is 2. The minimum Gasteiger partial charge on any atom is -0.389 e. The van der Waals surface area contributed by atoms with Crippen molar-refractivity contribution >= 4 is 11.9 Å². The molecule has 0 heterocycles. The predicted molar refractivity (Wildman–Crippen MR) is 96.1 cm³/mol. The Bertz CT molecular complexity index is 369. The first kappa shape index (κ1) is 21.6. The summed E-state index contributed by atoms with van der Waals surface area (Å²) in [5.74, 6) is -1.08. The van der Waals surface area contributed by atoms with Crippen LogP contribution in [0.15, 0.2) is 24.3 Å². The standard InChI is InChI=1S/C20H34O3/c1-4-6-7-8-9-10-11-12-13-14-15-17-18(3)20(22)23-19(21)16-5-2/h5,17H,2,4,6-16H2,1,3H3. The Labute approximate surface area is 142 Å². The van der Waals surface area contributed by atoms with Gasteiger partial charge in [0.05, 0.1) is 6.42 Å². The van der Waals surface area contributed by atoms with Gasteiger partial charge in [0.1, 0.15) is 0 Å². The summed E-state index contributed by atoms with van der Waals surface area (Å²) in [7, 11) is 0. The average Bonchev–Trinajstić information content (AvgIpc) is 2.52. The highest BCUT2D eigenvalue weighted by Gasteiger charge is 2.10. The molecule has 0 rings (SSSR count). The van der Waals surface area contributed by atoms with E-state index in [4.69, 9.17) is 0 Å². The van der Waals surface area contributed by atoms with Gasteiger partial charge in [-0.3, -0.25) is 4.79 Å². The van der Waals surface area contributed by atoms with Gasteiger partial charge < -0.3 is 4.74 Å². The predicted octanol–water partition coefficient (Wildman–Crippen LogP) is 5.89. The lowest BCUT2D eigenvalue weighted by atomic mass is 10.1. The SMILES string of the molecule is C=CCC(=O)OC(=O)C(C)=CCCCCCCCCCCCC. The van der Waals surface area contributed by atoms with Crippen LogP contribution in [0.1, 0.15) is 90.9 Å². The van der Waals surface area contributed by atoms with Gasteiger partial charge in [0, 0.05) is 5.57 Å². The Morgan fingerprint density at radius 1 is 0.913 bits per heavy atom. The molecule has 0 saturated carbocycles. The van der Waals surface area contributed by atoms with Gasteiger partial charge in [0.15, 0.2) is 0 Å². The first-order valence-corrected chi connectivity index (χ1v) is 9.14. The van der Waals surface area contributed by atoms with Gasteiger partial charge in [-0.25, -0.2) is 4.79 Å². The number of carbonyl (C=O) groups is 2. The van der Waals surface area contributed by atoms with Crippen LogP contribution >= 0.6 is 0 Å². The van der Waals surface area contributed by atoms with Crippen LogP contribution in [-0.4, -0.2) is 11.9 Å². The van der Waals surface area contributed by atoms with Crippen LogP contribution < -0.4 is 0 Å². The van der Waals surface area contributed by atoms with Crippen LogP contribution in [0.4, 0.5) is 0 Å². The largest absolute Gasteiger partial charge is 0.389 e. The highest BCUT2D eigenvalue weighted by atomic mass is 16.6. The first-order valence-electron chi connectivity index (χ1n) is 9.14. The van der Waals surface area contributed by atoms with Gasteiger partial charge in [0.2, 0.25) is 0 Å². The van der Waals surface area contributed by atoms with Crippen molar-refractivity contribution in [3.05, 3.63) is 24.3 Å². The van der Waals surface area contributed by atoms with Gasteiger partial charge in [-0.05, 0) is 19.8 Å². The summed E-state index contributed by atoms with van der Waals surface area (Å²) in [6, 6.07) is 0. The van der Waals surface area contributed by atoms with E-state index in [1.807, 2.05) is 6.08 Å². The third-order valence-electron chi connectivity index (χ3n) is 3.85. The molecule has 0 bridgehead atoms. The van der Waals surface area contributed by atoms with E-state index in [0.717, 1.165) is 12.8 Å². The summed E-state index contributed by atoms with van der Waals surface area (Å²) in [5.41, 5.74) is 0.512. The van der Waals surface area contributed by atoms with E-state index in [1.165, 1.54) is 63.9 Å². The van der Waals surface area contributed by atoms with E-state index in [0.29, 0.717) is 5.57 Å². The van der Waals surface area contributed by atoms with Crippen molar-refractivity contribution in [2.75, 3.05) is 0 Å². The number of ether oxygens (including phenoxy) is 1. The van der Waals surface area contributed by atoms with E-state index in [1.54, 1.807) is 6.92 Å². The topological polar surface area (TPSA) is 43.4 Å². The molecule has 0 aromatic heterocycles. The Morgan fingerprint density at radius 2 is 1.43 bits per heavy atom. The maximum Gasteiger partial charge on any atom is 0.341 e. The number of allylic oxidation sites excluding steroid dienone is 1. The Kier molecular flexibility index (Phi) is 14.6. The average molecular weight is 322 g/mol. The van der Waals surface area contributed by atoms with Crippen LogP contribution in [0.5, 0.6) is 0 Å². The van der Waals surface area contributed by atoms with Crippen molar-refractivity contribution in [2.45, 2.75) is 90.9 Å². The lowest BCUT2D eigenvalue weighted by Gasteiger charge is -2.03. The summed E-state index contributed by atoms with van der Waals surface area (Å²) in [4.78, 5) is 22.8. The third kappa shape index (κ3) is 14.0. The van der Waals surface area contributed by atoms with Gasteiger partial charge in [-0.2, -0.15) is 0 Å². The molecule has 0 radical (unpaired) electrons. The fourth-order valence-electron chi connectivity index (χ4n) is 2.38. The summed E-state index contributed by atoms with van der Waals surface area (Å²) in [5, 5.41) is 0. The second-order valence-corrected chi connectivity index (χ2v) is 6.11. The van der Waals surface area contributed by atoms with Crippen LogP contribution in [0.3, 0.4) is 0 Å². The van der Waals surface area contributed by atoms with Gasteiger partial charge in [0.25, 0.3) is 0 Å². The van der Waals surface area contributed by atoms with Crippen molar-refractivity contribution in [1.29, 1.82) is 0 Å². The number of unbranched alkanes of at least 4 members (excludes halogenated alkanes) is 10.